The zero-order chi connectivity index (χ0) is 14.8. The van der Waals surface area contributed by atoms with Gasteiger partial charge in [-0.1, -0.05) is 36.4 Å². The van der Waals surface area contributed by atoms with Crippen molar-refractivity contribution in [2.24, 2.45) is 0 Å². The molecule has 0 aliphatic carbocycles. The van der Waals surface area contributed by atoms with E-state index in [0.29, 0.717) is 0 Å². The van der Waals surface area contributed by atoms with Crippen LogP contribution in [0.15, 0.2) is 48.5 Å². The van der Waals surface area contributed by atoms with E-state index >= 15 is 0 Å². The summed E-state index contributed by atoms with van der Waals surface area (Å²) < 4.78 is 5.19. The first kappa shape index (κ1) is 13.1. The maximum absolute atomic E-state index is 12.1. The number of fused-ring (bicyclic) bond motifs is 1. The Morgan fingerprint density at radius 3 is 2.48 bits per heavy atom. The molecule has 0 fully saturated rings. The van der Waals surface area contributed by atoms with Crippen molar-refractivity contribution in [2.45, 2.75) is 6.61 Å². The van der Waals surface area contributed by atoms with Crippen LogP contribution in [0.5, 0.6) is 0 Å². The van der Waals surface area contributed by atoms with Gasteiger partial charge in [0.05, 0.1) is 16.7 Å². The topological polar surface area (TPSA) is 72.5 Å². The van der Waals surface area contributed by atoms with Gasteiger partial charge in [-0.2, -0.15) is 0 Å². The number of nitrogens with one attached hydrogen (secondary N) is 1. The minimum Gasteiger partial charge on any atom is -0.457 e. The highest BCUT2D eigenvalue weighted by Gasteiger charge is 2.31. The number of benzene rings is 2. The van der Waals surface area contributed by atoms with Crippen LogP contribution in [-0.2, 0) is 11.3 Å². The number of amides is 2. The Balaban J connectivity index is 1.83. The zero-order valence-corrected chi connectivity index (χ0v) is 11.0. The van der Waals surface area contributed by atoms with Gasteiger partial charge in [-0.15, -0.1) is 0 Å². The number of carbonyl (C=O) groups is 3. The Morgan fingerprint density at radius 1 is 0.952 bits per heavy atom. The van der Waals surface area contributed by atoms with E-state index in [4.69, 9.17) is 4.74 Å². The molecule has 3 rings (SSSR count). The summed E-state index contributed by atoms with van der Waals surface area (Å²) in [6.45, 7) is 0.110. The summed E-state index contributed by atoms with van der Waals surface area (Å²) in [5.74, 6) is -1.68. The Morgan fingerprint density at radius 2 is 1.71 bits per heavy atom. The standard InChI is InChI=1S/C16H11NO4/c18-14-11-7-4-8-12(13(11)15(19)17-14)16(20)21-9-10-5-2-1-3-6-10/h1-8H,9H2,(H,17,18,19). The number of carbonyl (C=O) groups excluding carboxylic acids is 3. The van der Waals surface area contributed by atoms with Gasteiger partial charge < -0.3 is 4.74 Å². The molecular formula is C16H11NO4. The average molecular weight is 281 g/mol. The number of hydrogen-bond acceptors (Lipinski definition) is 4. The minimum absolute atomic E-state index is 0.0839. The van der Waals surface area contributed by atoms with Gasteiger partial charge in [0, 0.05) is 0 Å². The van der Waals surface area contributed by atoms with Crippen LogP contribution in [0.25, 0.3) is 0 Å². The molecule has 2 amide bonds. The van der Waals surface area contributed by atoms with E-state index in [1.165, 1.54) is 12.1 Å². The SMILES string of the molecule is O=C1NC(=O)c2c1cccc2C(=O)OCc1ccccc1. The van der Waals surface area contributed by atoms with E-state index in [1.54, 1.807) is 6.07 Å². The molecule has 0 spiro atoms. The Kier molecular flexibility index (Phi) is 3.23. The molecule has 0 bridgehead atoms. The molecule has 5 nitrogen and oxygen atoms in total. The average Bonchev–Trinajstić information content (AvgIpc) is 2.81. The highest BCUT2D eigenvalue weighted by molar-refractivity contribution is 6.24. The Bertz CT molecular complexity index is 737. The van der Waals surface area contributed by atoms with Gasteiger partial charge in [-0.05, 0) is 17.7 Å². The molecule has 21 heavy (non-hydrogen) atoms. The zero-order valence-electron chi connectivity index (χ0n) is 11.0. The van der Waals surface area contributed by atoms with Crippen molar-refractivity contribution >= 4 is 17.8 Å². The third kappa shape index (κ3) is 2.41. The molecule has 1 aliphatic rings. The first-order chi connectivity index (χ1) is 10.2. The largest absolute Gasteiger partial charge is 0.457 e. The van der Waals surface area contributed by atoms with Crippen molar-refractivity contribution < 1.29 is 19.1 Å². The molecule has 1 N–H and O–H groups in total. The second-order valence-corrected chi connectivity index (χ2v) is 4.57. The molecule has 1 heterocycles. The van der Waals surface area contributed by atoms with Gasteiger partial charge in [-0.25, -0.2) is 4.79 Å². The molecular weight excluding hydrogens is 270 g/mol. The summed E-state index contributed by atoms with van der Waals surface area (Å²) in [6, 6.07) is 13.7. The third-order valence-corrected chi connectivity index (χ3v) is 3.20. The van der Waals surface area contributed by atoms with Crippen molar-refractivity contribution in [3.63, 3.8) is 0 Å². The molecule has 0 radical (unpaired) electrons. The predicted molar refractivity (Wildman–Crippen MR) is 73.8 cm³/mol. The lowest BCUT2D eigenvalue weighted by molar-refractivity contribution is 0.0469. The molecule has 0 aromatic heterocycles. The number of rotatable bonds is 3. The van der Waals surface area contributed by atoms with Crippen molar-refractivity contribution in [3.05, 3.63) is 70.8 Å². The summed E-state index contributed by atoms with van der Waals surface area (Å²) in [7, 11) is 0. The minimum atomic E-state index is -0.624. The van der Waals surface area contributed by atoms with Crippen molar-refractivity contribution in [3.8, 4) is 0 Å². The molecule has 0 atom stereocenters. The maximum atomic E-state index is 12.1. The van der Waals surface area contributed by atoms with E-state index in [9.17, 15) is 14.4 Å². The van der Waals surface area contributed by atoms with Crippen LogP contribution in [0.4, 0.5) is 0 Å². The van der Waals surface area contributed by atoms with Gasteiger partial charge in [-0.3, -0.25) is 14.9 Å². The first-order valence-corrected chi connectivity index (χ1v) is 6.36. The quantitative estimate of drug-likeness (QED) is 0.689. The van der Waals surface area contributed by atoms with Crippen molar-refractivity contribution in [1.82, 2.24) is 5.32 Å². The van der Waals surface area contributed by atoms with Gasteiger partial charge in [0.25, 0.3) is 11.8 Å². The summed E-state index contributed by atoms with van der Waals surface area (Å²) in [5.41, 5.74) is 1.24. The second kappa shape index (κ2) is 5.20. The molecule has 2 aromatic rings. The monoisotopic (exact) mass is 281 g/mol. The van der Waals surface area contributed by atoms with E-state index in [0.717, 1.165) is 5.56 Å². The lowest BCUT2D eigenvalue weighted by Gasteiger charge is -2.07. The molecule has 1 aliphatic heterocycles. The van der Waals surface area contributed by atoms with Gasteiger partial charge >= 0.3 is 5.97 Å². The van der Waals surface area contributed by atoms with Crippen LogP contribution in [0.2, 0.25) is 0 Å². The molecule has 0 saturated carbocycles. The van der Waals surface area contributed by atoms with Gasteiger partial charge in [0.15, 0.2) is 0 Å². The Labute approximate surface area is 120 Å². The van der Waals surface area contributed by atoms with Gasteiger partial charge in [0.2, 0.25) is 0 Å². The van der Waals surface area contributed by atoms with Crippen LogP contribution < -0.4 is 5.32 Å². The van der Waals surface area contributed by atoms with Crippen LogP contribution in [0.1, 0.15) is 36.6 Å². The van der Waals surface area contributed by atoms with E-state index in [-0.39, 0.29) is 23.3 Å². The van der Waals surface area contributed by atoms with E-state index in [1.807, 2.05) is 30.3 Å². The molecule has 104 valence electrons. The van der Waals surface area contributed by atoms with Crippen molar-refractivity contribution in [1.29, 1.82) is 0 Å². The molecule has 0 saturated heterocycles. The fourth-order valence-corrected chi connectivity index (χ4v) is 2.19. The summed E-state index contributed by atoms with van der Waals surface area (Å²) in [5, 5.41) is 2.17. The fraction of sp³-hybridized carbons (Fsp3) is 0.0625. The highest BCUT2D eigenvalue weighted by Crippen LogP contribution is 2.21. The van der Waals surface area contributed by atoms with E-state index < -0.39 is 17.8 Å². The third-order valence-electron chi connectivity index (χ3n) is 3.20. The molecule has 5 heteroatoms. The highest BCUT2D eigenvalue weighted by atomic mass is 16.5. The van der Waals surface area contributed by atoms with E-state index in [2.05, 4.69) is 5.32 Å². The smallest absolute Gasteiger partial charge is 0.339 e. The first-order valence-electron chi connectivity index (χ1n) is 6.36. The van der Waals surface area contributed by atoms with Crippen LogP contribution in [0, 0.1) is 0 Å². The fourth-order valence-electron chi connectivity index (χ4n) is 2.19. The van der Waals surface area contributed by atoms with Crippen LogP contribution in [0.3, 0.4) is 0 Å². The molecule has 0 unspecified atom stereocenters. The summed E-state index contributed by atoms with van der Waals surface area (Å²) >= 11 is 0. The number of imide groups is 1. The van der Waals surface area contributed by atoms with Crippen molar-refractivity contribution in [2.75, 3.05) is 0 Å². The maximum Gasteiger partial charge on any atom is 0.339 e. The van der Waals surface area contributed by atoms with Crippen LogP contribution >= 0.6 is 0 Å². The number of hydrogen-bond donors (Lipinski definition) is 1. The van der Waals surface area contributed by atoms with Crippen LogP contribution in [-0.4, -0.2) is 17.8 Å². The number of ether oxygens (including phenoxy) is 1. The Hall–Kier alpha value is -2.95. The predicted octanol–water partition coefficient (Wildman–Crippen LogP) is 1.93. The lowest BCUT2D eigenvalue weighted by atomic mass is 10.0. The summed E-state index contributed by atoms with van der Waals surface area (Å²) in [6.07, 6.45) is 0. The molecule has 2 aromatic carbocycles. The normalized spacial score (nSPS) is 12.8. The lowest BCUT2D eigenvalue weighted by Crippen LogP contribution is -2.21. The van der Waals surface area contributed by atoms with Gasteiger partial charge in [0.1, 0.15) is 6.61 Å². The second-order valence-electron chi connectivity index (χ2n) is 4.57. The summed E-state index contributed by atoms with van der Waals surface area (Å²) in [4.78, 5) is 35.4. The number of esters is 1.